The zero-order valence-corrected chi connectivity index (χ0v) is 31.6. The standard InChI is InChI=1S/C53H49NO/c1-2-13-34(14-3-1)37-26-29-42-43-30-28-39(33-48(43)53(47(42)32-37)45-20-9-6-17-40(45)41-18-7-10-21-46(41)53)54(38-27-25-35-15-4-5-16-36(35)31-38)49-22-12-24-51-52(49)44-19-8-11-23-50(44)55-51/h1-6,9,12-18,20-21,24,26-33,35,40,43,45,48-49,51-52H,7-8,10-11,19,22-23,25H2. The molecule has 1 spiro atoms. The third kappa shape index (κ3) is 4.67. The molecule has 1 fully saturated rings. The number of fused-ring (bicyclic) bond motifs is 13. The third-order valence-electron chi connectivity index (χ3n) is 14.9. The van der Waals surface area contributed by atoms with E-state index in [0.717, 1.165) is 32.1 Å². The Morgan fingerprint density at radius 2 is 1.60 bits per heavy atom. The number of ether oxygens (including phenoxy) is 1. The van der Waals surface area contributed by atoms with Crippen LogP contribution in [0.15, 0.2) is 191 Å². The molecular weight excluding hydrogens is 667 g/mol. The second kappa shape index (κ2) is 12.5. The van der Waals surface area contributed by atoms with E-state index in [1.807, 2.05) is 0 Å². The number of hydrogen-bond acceptors (Lipinski definition) is 2. The van der Waals surface area contributed by atoms with Crippen molar-refractivity contribution in [2.24, 2.45) is 29.6 Å². The molecule has 9 atom stereocenters. The first-order valence-corrected chi connectivity index (χ1v) is 21.2. The van der Waals surface area contributed by atoms with Crippen LogP contribution >= 0.6 is 0 Å². The molecule has 9 aliphatic carbocycles. The van der Waals surface area contributed by atoms with Gasteiger partial charge in [0.1, 0.15) is 6.10 Å². The van der Waals surface area contributed by atoms with Gasteiger partial charge in [-0.05, 0) is 114 Å². The molecule has 0 bridgehead atoms. The SMILES string of the molecule is C1=CC2=CC(N(C3=CC4C(C=C3)c3ccc(-c5ccccc5)cc3C43C4=CCCC=C4C4C=CC=CC43)C3CC=CC4OC5=C(CCCC5)C43)=CCC2C=C1. The third-order valence-corrected chi connectivity index (χ3v) is 14.9. The topological polar surface area (TPSA) is 12.5 Å². The van der Waals surface area contributed by atoms with Crippen LogP contribution < -0.4 is 0 Å². The van der Waals surface area contributed by atoms with Gasteiger partial charge in [-0.3, -0.25) is 0 Å². The zero-order chi connectivity index (χ0) is 36.1. The summed E-state index contributed by atoms with van der Waals surface area (Å²) in [5.74, 6) is 3.56. The van der Waals surface area contributed by atoms with E-state index in [-0.39, 0.29) is 11.5 Å². The lowest BCUT2D eigenvalue weighted by Gasteiger charge is -2.46. The van der Waals surface area contributed by atoms with Crippen LogP contribution in [0, 0.1) is 29.6 Å². The van der Waals surface area contributed by atoms with Crippen LogP contribution in [-0.4, -0.2) is 17.0 Å². The minimum atomic E-state index is -0.142. The minimum Gasteiger partial charge on any atom is -0.490 e. The van der Waals surface area contributed by atoms with E-state index in [9.17, 15) is 0 Å². The van der Waals surface area contributed by atoms with Crippen molar-refractivity contribution in [1.29, 1.82) is 0 Å². The fraction of sp³-hybridized carbons (Fsp3) is 0.321. The normalized spacial score (nSPS) is 35.3. The molecular formula is C53H49NO. The molecule has 9 unspecified atom stereocenters. The van der Waals surface area contributed by atoms with E-state index >= 15 is 0 Å². The maximum absolute atomic E-state index is 6.81. The van der Waals surface area contributed by atoms with Gasteiger partial charge in [-0.1, -0.05) is 128 Å². The first-order valence-electron chi connectivity index (χ1n) is 21.2. The van der Waals surface area contributed by atoms with Crippen molar-refractivity contribution in [2.45, 2.75) is 74.8 Å². The number of rotatable bonds is 4. The van der Waals surface area contributed by atoms with Crippen LogP contribution in [0.4, 0.5) is 0 Å². The van der Waals surface area contributed by atoms with Crippen molar-refractivity contribution in [2.75, 3.05) is 0 Å². The maximum atomic E-state index is 6.81. The van der Waals surface area contributed by atoms with Crippen molar-refractivity contribution in [3.63, 3.8) is 0 Å². The van der Waals surface area contributed by atoms with Gasteiger partial charge in [0.2, 0.25) is 0 Å². The second-order valence-electron chi connectivity index (χ2n) is 17.4. The summed E-state index contributed by atoms with van der Waals surface area (Å²) in [7, 11) is 0. The average molecular weight is 716 g/mol. The number of hydrogen-bond donors (Lipinski definition) is 0. The molecule has 2 aromatic rings. The van der Waals surface area contributed by atoms with Gasteiger partial charge in [0.15, 0.2) is 0 Å². The summed E-state index contributed by atoms with van der Waals surface area (Å²) in [5.41, 5.74) is 14.5. The molecule has 0 aromatic heterocycles. The highest BCUT2D eigenvalue weighted by molar-refractivity contribution is 5.72. The Hall–Kier alpha value is -5.08. The van der Waals surface area contributed by atoms with Gasteiger partial charge in [0.25, 0.3) is 0 Å². The summed E-state index contributed by atoms with van der Waals surface area (Å²) in [6.45, 7) is 0. The first-order chi connectivity index (χ1) is 27.3. The molecule has 0 saturated heterocycles. The highest BCUT2D eigenvalue weighted by Crippen LogP contribution is 2.69. The quantitative estimate of drug-likeness (QED) is 0.292. The molecule has 2 nitrogen and oxygen atoms in total. The molecule has 12 rings (SSSR count). The van der Waals surface area contributed by atoms with Gasteiger partial charge in [0, 0.05) is 64.8 Å². The van der Waals surface area contributed by atoms with E-state index in [1.165, 1.54) is 58.7 Å². The monoisotopic (exact) mass is 715 g/mol. The molecule has 272 valence electrons. The van der Waals surface area contributed by atoms with Crippen molar-refractivity contribution >= 4 is 0 Å². The molecule has 1 aliphatic heterocycles. The minimum absolute atomic E-state index is 0.140. The predicted octanol–water partition coefficient (Wildman–Crippen LogP) is 12.2. The largest absolute Gasteiger partial charge is 0.490 e. The summed E-state index contributed by atoms with van der Waals surface area (Å²) in [5, 5.41) is 0. The average Bonchev–Trinajstić information content (AvgIpc) is 3.88. The maximum Gasteiger partial charge on any atom is 0.125 e. The van der Waals surface area contributed by atoms with Crippen molar-refractivity contribution < 1.29 is 4.74 Å². The van der Waals surface area contributed by atoms with Crippen LogP contribution in [-0.2, 0) is 10.2 Å². The molecule has 2 heteroatoms. The van der Waals surface area contributed by atoms with Gasteiger partial charge in [-0.25, -0.2) is 0 Å². The van der Waals surface area contributed by atoms with Crippen molar-refractivity contribution in [1.82, 2.24) is 4.90 Å². The Balaban J connectivity index is 1.05. The highest BCUT2D eigenvalue weighted by Gasteiger charge is 2.63. The second-order valence-corrected chi connectivity index (χ2v) is 17.4. The van der Waals surface area contributed by atoms with Crippen LogP contribution in [0.5, 0.6) is 0 Å². The summed E-state index contributed by atoms with van der Waals surface area (Å²) in [4.78, 5) is 2.80. The molecule has 1 saturated carbocycles. The predicted molar refractivity (Wildman–Crippen MR) is 223 cm³/mol. The van der Waals surface area contributed by atoms with Gasteiger partial charge in [0.05, 0.1) is 5.76 Å². The molecule has 1 heterocycles. The van der Waals surface area contributed by atoms with E-state index in [1.54, 1.807) is 22.3 Å². The molecule has 55 heavy (non-hydrogen) atoms. The Bertz CT molecular complexity index is 2360. The lowest BCUT2D eigenvalue weighted by molar-refractivity contribution is 0.104. The van der Waals surface area contributed by atoms with E-state index in [0.29, 0.717) is 41.5 Å². The Morgan fingerprint density at radius 1 is 0.709 bits per heavy atom. The van der Waals surface area contributed by atoms with Crippen LogP contribution in [0.25, 0.3) is 11.1 Å². The highest BCUT2D eigenvalue weighted by atomic mass is 16.5. The number of allylic oxidation sites excluding steroid dienone is 19. The lowest BCUT2D eigenvalue weighted by Crippen LogP contribution is -2.46. The van der Waals surface area contributed by atoms with Crippen molar-refractivity contribution in [3.8, 4) is 11.1 Å². The van der Waals surface area contributed by atoms with Crippen molar-refractivity contribution in [3.05, 3.63) is 202 Å². The van der Waals surface area contributed by atoms with Gasteiger partial charge < -0.3 is 9.64 Å². The molecule has 0 radical (unpaired) electrons. The molecule has 0 amide bonds. The van der Waals surface area contributed by atoms with Gasteiger partial charge in [-0.15, -0.1) is 0 Å². The summed E-state index contributed by atoms with van der Waals surface area (Å²) < 4.78 is 6.81. The fourth-order valence-corrected chi connectivity index (χ4v) is 12.7. The van der Waals surface area contributed by atoms with E-state index < -0.39 is 0 Å². The van der Waals surface area contributed by atoms with E-state index in [4.69, 9.17) is 4.74 Å². The summed E-state index contributed by atoms with van der Waals surface area (Å²) in [6, 6.07) is 18.8. The lowest BCUT2D eigenvalue weighted by atomic mass is 9.61. The van der Waals surface area contributed by atoms with Gasteiger partial charge in [-0.2, -0.15) is 0 Å². The summed E-state index contributed by atoms with van der Waals surface area (Å²) >= 11 is 0. The molecule has 0 N–H and O–H groups in total. The Kier molecular flexibility index (Phi) is 7.30. The van der Waals surface area contributed by atoms with Crippen LogP contribution in [0.2, 0.25) is 0 Å². The van der Waals surface area contributed by atoms with E-state index in [2.05, 4.69) is 157 Å². The fourth-order valence-electron chi connectivity index (χ4n) is 12.7. The Morgan fingerprint density at radius 3 is 2.56 bits per heavy atom. The zero-order valence-electron chi connectivity index (χ0n) is 31.6. The Labute approximate surface area is 326 Å². The smallest absolute Gasteiger partial charge is 0.125 e. The first kappa shape index (κ1) is 32.2. The van der Waals surface area contributed by atoms with Crippen LogP contribution in [0.3, 0.4) is 0 Å². The summed E-state index contributed by atoms with van der Waals surface area (Å²) in [6.07, 6.45) is 51.2. The molecule has 2 aromatic carbocycles. The molecule has 10 aliphatic rings. The number of nitrogens with zero attached hydrogens (tertiary/aromatic N) is 1. The number of benzene rings is 2. The van der Waals surface area contributed by atoms with Crippen LogP contribution in [0.1, 0.15) is 68.4 Å². The van der Waals surface area contributed by atoms with Gasteiger partial charge >= 0.3 is 0 Å².